The standard InChI is InChI=1S/C18H27BrO3/c1-17(2,13-20)10-5-6-11-18(3,16(21)22-4)14-8-7-9-15(19)12-14/h7-9,12,20H,5-6,10-11,13H2,1-4H3. The summed E-state index contributed by atoms with van der Waals surface area (Å²) in [7, 11) is 1.44. The average molecular weight is 371 g/mol. The quantitative estimate of drug-likeness (QED) is 0.542. The van der Waals surface area contributed by atoms with Gasteiger partial charge in [-0.1, -0.05) is 54.8 Å². The molecular formula is C18H27BrO3. The van der Waals surface area contributed by atoms with Crippen LogP contribution in [-0.4, -0.2) is 24.8 Å². The number of carbonyl (C=O) groups is 1. The van der Waals surface area contributed by atoms with Crippen LogP contribution in [0.15, 0.2) is 28.7 Å². The third kappa shape index (κ3) is 5.10. The van der Waals surface area contributed by atoms with E-state index in [1.54, 1.807) is 0 Å². The van der Waals surface area contributed by atoms with Gasteiger partial charge in [0.2, 0.25) is 0 Å². The number of esters is 1. The summed E-state index contributed by atoms with van der Waals surface area (Å²) in [6.45, 7) is 6.24. The summed E-state index contributed by atoms with van der Waals surface area (Å²) in [5, 5.41) is 9.31. The third-order valence-electron chi connectivity index (χ3n) is 4.31. The van der Waals surface area contributed by atoms with Crippen LogP contribution < -0.4 is 0 Å². The van der Waals surface area contributed by atoms with Gasteiger partial charge in [0.05, 0.1) is 12.5 Å². The number of aliphatic hydroxyl groups excluding tert-OH is 1. The first-order valence-electron chi connectivity index (χ1n) is 7.70. The minimum Gasteiger partial charge on any atom is -0.468 e. The van der Waals surface area contributed by atoms with Gasteiger partial charge >= 0.3 is 5.97 Å². The molecule has 0 amide bonds. The van der Waals surface area contributed by atoms with Crippen LogP contribution in [0.4, 0.5) is 0 Å². The number of aliphatic hydroxyl groups is 1. The Bertz CT molecular complexity index is 499. The molecule has 22 heavy (non-hydrogen) atoms. The first-order valence-corrected chi connectivity index (χ1v) is 8.50. The van der Waals surface area contributed by atoms with Crippen molar-refractivity contribution in [3.05, 3.63) is 34.3 Å². The first-order chi connectivity index (χ1) is 10.2. The molecule has 0 radical (unpaired) electrons. The fourth-order valence-corrected chi connectivity index (χ4v) is 2.98. The Labute approximate surface area is 142 Å². The molecule has 0 aliphatic heterocycles. The maximum Gasteiger partial charge on any atom is 0.315 e. The zero-order chi connectivity index (χ0) is 16.8. The molecule has 4 heteroatoms. The van der Waals surface area contributed by atoms with E-state index in [0.29, 0.717) is 0 Å². The lowest BCUT2D eigenvalue weighted by Gasteiger charge is -2.28. The van der Waals surface area contributed by atoms with Crippen LogP contribution in [0.2, 0.25) is 0 Å². The van der Waals surface area contributed by atoms with Crippen molar-refractivity contribution >= 4 is 21.9 Å². The van der Waals surface area contributed by atoms with Crippen molar-refractivity contribution in [1.82, 2.24) is 0 Å². The Morgan fingerprint density at radius 2 is 1.86 bits per heavy atom. The van der Waals surface area contributed by atoms with E-state index >= 15 is 0 Å². The summed E-state index contributed by atoms with van der Waals surface area (Å²) in [5.74, 6) is -0.202. The van der Waals surface area contributed by atoms with E-state index in [2.05, 4.69) is 29.8 Å². The molecule has 1 aromatic rings. The molecule has 0 fully saturated rings. The normalized spacial score (nSPS) is 14.5. The van der Waals surface area contributed by atoms with Crippen LogP contribution in [0.3, 0.4) is 0 Å². The molecule has 0 bridgehead atoms. The highest BCUT2D eigenvalue weighted by atomic mass is 79.9. The minimum absolute atomic E-state index is 0.0581. The van der Waals surface area contributed by atoms with Crippen molar-refractivity contribution < 1.29 is 14.6 Å². The van der Waals surface area contributed by atoms with E-state index in [1.165, 1.54) is 7.11 Å². The molecule has 0 aromatic heterocycles. The molecule has 0 spiro atoms. The average Bonchev–Trinajstić information content (AvgIpc) is 2.50. The monoisotopic (exact) mass is 370 g/mol. The van der Waals surface area contributed by atoms with Crippen LogP contribution in [0.25, 0.3) is 0 Å². The van der Waals surface area contributed by atoms with Crippen LogP contribution in [0.5, 0.6) is 0 Å². The van der Waals surface area contributed by atoms with Gasteiger partial charge in [0.1, 0.15) is 0 Å². The highest BCUT2D eigenvalue weighted by molar-refractivity contribution is 9.10. The Morgan fingerprint density at radius 1 is 1.23 bits per heavy atom. The fourth-order valence-electron chi connectivity index (χ4n) is 2.58. The summed E-state index contributed by atoms with van der Waals surface area (Å²) in [5.41, 5.74) is 0.273. The van der Waals surface area contributed by atoms with E-state index in [4.69, 9.17) is 4.74 Å². The molecule has 0 heterocycles. The number of hydrogen-bond acceptors (Lipinski definition) is 3. The van der Waals surface area contributed by atoms with E-state index in [0.717, 1.165) is 35.7 Å². The zero-order valence-corrected chi connectivity index (χ0v) is 15.6. The second-order valence-electron chi connectivity index (χ2n) is 6.86. The predicted octanol–water partition coefficient (Wildman–Crippen LogP) is 4.46. The molecule has 0 aliphatic rings. The highest BCUT2D eigenvalue weighted by Crippen LogP contribution is 2.34. The summed E-state index contributed by atoms with van der Waals surface area (Å²) >= 11 is 3.46. The van der Waals surface area contributed by atoms with E-state index < -0.39 is 5.41 Å². The summed E-state index contributed by atoms with van der Waals surface area (Å²) in [6, 6.07) is 7.84. The maximum atomic E-state index is 12.3. The molecule has 124 valence electrons. The van der Waals surface area contributed by atoms with E-state index in [1.807, 2.05) is 31.2 Å². The van der Waals surface area contributed by atoms with Gasteiger partial charge in [0.15, 0.2) is 0 Å². The lowest BCUT2D eigenvalue weighted by molar-refractivity contribution is -0.147. The number of rotatable bonds is 8. The van der Waals surface area contributed by atoms with Crippen molar-refractivity contribution in [3.63, 3.8) is 0 Å². The van der Waals surface area contributed by atoms with Crippen molar-refractivity contribution in [3.8, 4) is 0 Å². The molecular weight excluding hydrogens is 344 g/mol. The van der Waals surface area contributed by atoms with Crippen LogP contribution in [0, 0.1) is 5.41 Å². The molecule has 1 atom stereocenters. The molecule has 3 nitrogen and oxygen atoms in total. The van der Waals surface area contributed by atoms with Gasteiger partial charge in [-0.15, -0.1) is 0 Å². The van der Waals surface area contributed by atoms with Crippen molar-refractivity contribution in [2.45, 2.75) is 51.9 Å². The number of benzene rings is 1. The Kier molecular flexibility index (Phi) is 7.07. The minimum atomic E-state index is -0.637. The molecule has 1 N–H and O–H groups in total. The first kappa shape index (κ1) is 19.2. The van der Waals surface area contributed by atoms with Crippen LogP contribution in [-0.2, 0) is 14.9 Å². The van der Waals surface area contributed by atoms with Crippen LogP contribution in [0.1, 0.15) is 52.0 Å². The Balaban J connectivity index is 2.79. The molecule has 1 rings (SSSR count). The van der Waals surface area contributed by atoms with E-state index in [-0.39, 0.29) is 18.0 Å². The third-order valence-corrected chi connectivity index (χ3v) is 4.80. The van der Waals surface area contributed by atoms with Gasteiger partial charge in [-0.2, -0.15) is 0 Å². The molecule has 0 saturated heterocycles. The smallest absolute Gasteiger partial charge is 0.315 e. The second kappa shape index (κ2) is 8.11. The summed E-state index contributed by atoms with van der Waals surface area (Å²) in [6.07, 6.45) is 3.58. The SMILES string of the molecule is COC(=O)C(C)(CCCCC(C)(C)CO)c1cccc(Br)c1. The molecule has 1 aromatic carbocycles. The number of ether oxygens (including phenoxy) is 1. The second-order valence-corrected chi connectivity index (χ2v) is 7.78. The molecule has 0 saturated carbocycles. The van der Waals surface area contributed by atoms with Crippen molar-refractivity contribution in [2.24, 2.45) is 5.41 Å². The Morgan fingerprint density at radius 3 is 2.41 bits per heavy atom. The van der Waals surface area contributed by atoms with E-state index in [9.17, 15) is 9.90 Å². The molecule has 1 unspecified atom stereocenters. The zero-order valence-electron chi connectivity index (χ0n) is 14.0. The predicted molar refractivity (Wildman–Crippen MR) is 92.8 cm³/mol. The fraction of sp³-hybridized carbons (Fsp3) is 0.611. The number of hydrogen-bond donors (Lipinski definition) is 1. The number of carbonyl (C=O) groups excluding carboxylic acids is 1. The van der Waals surface area contributed by atoms with Gasteiger partial charge < -0.3 is 9.84 Å². The number of unbranched alkanes of at least 4 members (excludes halogenated alkanes) is 1. The highest BCUT2D eigenvalue weighted by Gasteiger charge is 2.36. The topological polar surface area (TPSA) is 46.5 Å². The number of methoxy groups -OCH3 is 1. The molecule has 0 aliphatic carbocycles. The van der Waals surface area contributed by atoms with Gasteiger partial charge in [-0.3, -0.25) is 4.79 Å². The van der Waals surface area contributed by atoms with Gasteiger partial charge in [-0.05, 0) is 42.9 Å². The number of halogens is 1. The summed E-state index contributed by atoms with van der Waals surface area (Å²) in [4.78, 5) is 12.3. The van der Waals surface area contributed by atoms with Crippen molar-refractivity contribution in [2.75, 3.05) is 13.7 Å². The maximum absolute atomic E-state index is 12.3. The lowest BCUT2D eigenvalue weighted by Crippen LogP contribution is -2.34. The lowest BCUT2D eigenvalue weighted by atomic mass is 9.77. The van der Waals surface area contributed by atoms with Gasteiger partial charge in [-0.25, -0.2) is 0 Å². The van der Waals surface area contributed by atoms with Gasteiger partial charge in [0.25, 0.3) is 0 Å². The summed E-state index contributed by atoms with van der Waals surface area (Å²) < 4.78 is 5.99. The van der Waals surface area contributed by atoms with Gasteiger partial charge in [0, 0.05) is 11.1 Å². The van der Waals surface area contributed by atoms with Crippen LogP contribution >= 0.6 is 15.9 Å². The Hall–Kier alpha value is -0.870. The largest absolute Gasteiger partial charge is 0.468 e. The van der Waals surface area contributed by atoms with Crippen molar-refractivity contribution in [1.29, 1.82) is 0 Å².